The summed E-state index contributed by atoms with van der Waals surface area (Å²) in [4.78, 5) is 28.5. The quantitative estimate of drug-likeness (QED) is 0.405. The molecule has 2 bridgehead atoms. The first-order valence-corrected chi connectivity index (χ1v) is 19.7. The van der Waals surface area contributed by atoms with Crippen LogP contribution in [0, 0.1) is 17.8 Å². The fourth-order valence-electron chi connectivity index (χ4n) is 8.25. The number of nitrogens with zero attached hydrogens (tertiary/aromatic N) is 1. The summed E-state index contributed by atoms with van der Waals surface area (Å²) in [5.41, 5.74) is 1.34. The van der Waals surface area contributed by atoms with E-state index in [0.717, 1.165) is 38.5 Å². The van der Waals surface area contributed by atoms with Crippen LogP contribution in [-0.4, -0.2) is 77.9 Å². The van der Waals surface area contributed by atoms with Gasteiger partial charge < -0.3 is 23.8 Å². The van der Waals surface area contributed by atoms with Crippen molar-refractivity contribution in [3.8, 4) is 5.75 Å². The Kier molecular flexibility index (Phi) is 10.1. The molecule has 5 atom stereocenters. The minimum Gasteiger partial charge on any atom is -0.490 e. The first-order valence-electron chi connectivity index (χ1n) is 17.8. The molecule has 0 radical (unpaired) electrons. The van der Waals surface area contributed by atoms with E-state index in [9.17, 15) is 18.0 Å². The Balaban J connectivity index is 1.24. The van der Waals surface area contributed by atoms with Gasteiger partial charge in [-0.2, -0.15) is 0 Å². The normalized spacial score (nSPS) is 30.9. The predicted molar refractivity (Wildman–Crippen MR) is 189 cm³/mol. The van der Waals surface area contributed by atoms with Crippen molar-refractivity contribution in [1.82, 2.24) is 4.72 Å². The second-order valence-corrected chi connectivity index (χ2v) is 17.3. The monoisotopic (exact) mass is 726 g/mol. The summed E-state index contributed by atoms with van der Waals surface area (Å²) in [5.74, 6) is 0.477. The Hall–Kier alpha value is -2.96. The smallest absolute Gasteiger partial charge is 0.265 e. The predicted octanol–water partition coefficient (Wildman–Crippen LogP) is 5.39. The van der Waals surface area contributed by atoms with E-state index in [2.05, 4.69) is 21.8 Å². The Bertz CT molecular complexity index is 1760. The van der Waals surface area contributed by atoms with Crippen LogP contribution < -0.4 is 14.4 Å². The molecule has 2 aromatic carbocycles. The van der Waals surface area contributed by atoms with Crippen LogP contribution in [0.3, 0.4) is 0 Å². The number of ether oxygens (including phenoxy) is 4. The van der Waals surface area contributed by atoms with Gasteiger partial charge >= 0.3 is 0 Å². The fraction of sp³-hybridized carbons (Fsp3) is 0.579. The molecule has 2 aromatic rings. The number of nitrogens with one attached hydrogen (secondary N) is 1. The van der Waals surface area contributed by atoms with Gasteiger partial charge in [-0.25, -0.2) is 13.1 Å². The lowest BCUT2D eigenvalue weighted by molar-refractivity contribution is -0.139. The van der Waals surface area contributed by atoms with Crippen molar-refractivity contribution in [2.45, 2.75) is 80.8 Å². The second kappa shape index (κ2) is 14.2. The minimum atomic E-state index is -4.23. The van der Waals surface area contributed by atoms with Gasteiger partial charge in [-0.3, -0.25) is 9.59 Å². The molecule has 1 amide bonds. The lowest BCUT2D eigenvalue weighted by Crippen LogP contribution is -2.50. The minimum absolute atomic E-state index is 0.0214. The zero-order valence-corrected chi connectivity index (χ0v) is 30.4. The zero-order valence-electron chi connectivity index (χ0n) is 28.8. The van der Waals surface area contributed by atoms with Gasteiger partial charge in [0.05, 0.1) is 29.9 Å². The van der Waals surface area contributed by atoms with Crippen molar-refractivity contribution in [2.24, 2.45) is 17.8 Å². The maximum Gasteiger partial charge on any atom is 0.265 e. The van der Waals surface area contributed by atoms with Gasteiger partial charge in [0.2, 0.25) is 0 Å². The van der Waals surface area contributed by atoms with Crippen LogP contribution in [0.25, 0.3) is 0 Å². The second-order valence-electron chi connectivity index (χ2n) is 15.2. The van der Waals surface area contributed by atoms with E-state index in [1.54, 1.807) is 12.1 Å². The highest BCUT2D eigenvalue weighted by atomic mass is 35.5. The number of fused-ring (bicyclic) bond motifs is 4. The summed E-state index contributed by atoms with van der Waals surface area (Å²) >= 11 is 6.44. The number of hydrogen-bond donors (Lipinski definition) is 1. The molecule has 2 fully saturated rings. The van der Waals surface area contributed by atoms with Gasteiger partial charge in [0.15, 0.2) is 5.78 Å². The van der Waals surface area contributed by atoms with Crippen LogP contribution in [0.4, 0.5) is 5.69 Å². The van der Waals surface area contributed by atoms with Crippen molar-refractivity contribution in [3.63, 3.8) is 0 Å². The first kappa shape index (κ1) is 35.4. The van der Waals surface area contributed by atoms with E-state index in [1.807, 2.05) is 18.2 Å². The molecule has 12 heteroatoms. The molecule has 10 nitrogen and oxygen atoms in total. The lowest BCUT2D eigenvalue weighted by Gasteiger charge is -2.46. The van der Waals surface area contributed by atoms with Crippen LogP contribution in [0.1, 0.15) is 63.5 Å². The number of sulfonamides is 1. The molecule has 1 saturated carbocycles. The van der Waals surface area contributed by atoms with Crippen LogP contribution in [0.15, 0.2) is 53.4 Å². The van der Waals surface area contributed by atoms with Gasteiger partial charge in [0, 0.05) is 43.2 Å². The summed E-state index contributed by atoms with van der Waals surface area (Å²) < 4.78 is 53.8. The molecule has 5 aliphatic rings. The standard InChI is InChI=1S/C38H47ClN2O8S/c1-37(2)36(43)40-50(44,45)30-9-12-35-33(19-30)41(23-38(24-48-35)14-3-5-26-18-28(39)8-11-32(26)38)20-27-7-10-31(27)34(6-4-15-49-37)47-22-29(42)17-25-13-16-46-21-25/h4,6,8-9,11-12,18-19,25,27,31,34H,3,5,7,10,13-17,20-24H2,1-2H3,(H,40,43)/b6-4+/t25-,27-,31+,34-,38-/m0/s1. The number of ketones is 1. The summed E-state index contributed by atoms with van der Waals surface area (Å²) in [6.07, 6.45) is 9.50. The number of hydrogen-bond acceptors (Lipinski definition) is 9. The highest BCUT2D eigenvalue weighted by Gasteiger charge is 2.45. The number of aryl methyl sites for hydroxylation is 1. The van der Waals surface area contributed by atoms with E-state index >= 15 is 0 Å². The van der Waals surface area contributed by atoms with E-state index in [4.69, 9.17) is 30.5 Å². The van der Waals surface area contributed by atoms with E-state index < -0.39 is 21.5 Å². The molecular weight excluding hydrogens is 680 g/mol. The summed E-state index contributed by atoms with van der Waals surface area (Å²) in [6, 6.07) is 10.9. The number of Topliss-reactive ketones (excluding diaryl/α,β-unsaturated/α-hetero) is 1. The molecule has 1 N–H and O–H groups in total. The van der Waals surface area contributed by atoms with Crippen LogP contribution in [0.2, 0.25) is 5.02 Å². The number of carbonyl (C=O) groups is 2. The first-order chi connectivity index (χ1) is 23.9. The maximum atomic E-state index is 13.6. The zero-order chi connectivity index (χ0) is 35.1. The van der Waals surface area contributed by atoms with Gasteiger partial charge in [-0.05, 0) is 112 Å². The highest BCUT2D eigenvalue weighted by molar-refractivity contribution is 7.90. The number of anilines is 1. The number of amides is 1. The summed E-state index contributed by atoms with van der Waals surface area (Å²) in [7, 11) is -4.23. The molecule has 270 valence electrons. The Labute approximate surface area is 299 Å². The van der Waals surface area contributed by atoms with Crippen LogP contribution in [0.5, 0.6) is 5.75 Å². The molecule has 3 aliphatic heterocycles. The average molecular weight is 727 g/mol. The molecule has 1 saturated heterocycles. The number of halogens is 1. The van der Waals surface area contributed by atoms with Crippen molar-refractivity contribution in [2.75, 3.05) is 51.0 Å². The topological polar surface area (TPSA) is 120 Å². The largest absolute Gasteiger partial charge is 0.490 e. The van der Waals surface area contributed by atoms with Crippen LogP contribution >= 0.6 is 11.6 Å². The third-order valence-electron chi connectivity index (χ3n) is 11.3. The molecule has 7 rings (SSSR count). The van der Waals surface area contributed by atoms with Gasteiger partial charge in [0.1, 0.15) is 18.0 Å². The van der Waals surface area contributed by atoms with Crippen molar-refractivity contribution in [3.05, 3.63) is 64.7 Å². The molecule has 0 unspecified atom stereocenters. The fourth-order valence-corrected chi connectivity index (χ4v) is 9.57. The van der Waals surface area contributed by atoms with Gasteiger partial charge in [0.25, 0.3) is 15.9 Å². The molecule has 50 heavy (non-hydrogen) atoms. The third-order valence-corrected chi connectivity index (χ3v) is 12.9. The van der Waals surface area contributed by atoms with Crippen LogP contribution in [-0.2, 0) is 45.7 Å². The molecule has 2 aliphatic carbocycles. The van der Waals surface area contributed by atoms with Crippen molar-refractivity contribution >= 4 is 39.0 Å². The Morgan fingerprint density at radius 3 is 2.78 bits per heavy atom. The molecule has 1 spiro atoms. The van der Waals surface area contributed by atoms with E-state index in [-0.39, 0.29) is 53.2 Å². The SMILES string of the molecule is CC1(C)OC/C=C/[C@H](OCC(=O)C[C@@H]2CCOC2)[C@@H]2CC[C@H]2CN2C[C@@]3(CCCc4cc(Cl)ccc43)COc3ccc(cc32)S(=O)(=O)NC1=O. The van der Waals surface area contributed by atoms with E-state index in [1.165, 1.54) is 31.0 Å². The van der Waals surface area contributed by atoms with Gasteiger partial charge in [-0.1, -0.05) is 29.8 Å². The average Bonchev–Trinajstić information content (AvgIpc) is 3.52. The summed E-state index contributed by atoms with van der Waals surface area (Å²) in [5, 5.41) is 0.709. The Morgan fingerprint density at radius 2 is 2.00 bits per heavy atom. The number of benzene rings is 2. The van der Waals surface area contributed by atoms with E-state index in [0.29, 0.717) is 55.8 Å². The van der Waals surface area contributed by atoms with Gasteiger partial charge in [-0.15, -0.1) is 0 Å². The maximum absolute atomic E-state index is 13.6. The lowest BCUT2D eigenvalue weighted by atomic mass is 9.68. The third kappa shape index (κ3) is 7.35. The molecule has 3 heterocycles. The number of carbonyl (C=O) groups excluding carboxylic acids is 2. The molecule has 0 aromatic heterocycles. The highest BCUT2D eigenvalue weighted by Crippen LogP contribution is 2.47. The van der Waals surface area contributed by atoms with Crippen molar-refractivity contribution < 1.29 is 37.0 Å². The molecular formula is C38H47ClN2O8S. The number of rotatable bonds is 5. The van der Waals surface area contributed by atoms with Crippen molar-refractivity contribution in [1.29, 1.82) is 0 Å². The Morgan fingerprint density at radius 1 is 1.14 bits per heavy atom. The summed E-state index contributed by atoms with van der Waals surface area (Å²) in [6.45, 7) is 6.19.